The number of nitrogens with zero attached hydrogens (tertiary/aromatic N) is 7. The second-order valence-corrected chi connectivity index (χ2v) is 15.7. The number of rotatable bonds is 9. The summed E-state index contributed by atoms with van der Waals surface area (Å²) in [7, 11) is 0. The lowest BCUT2D eigenvalue weighted by Crippen LogP contribution is -2.58. The van der Waals surface area contributed by atoms with E-state index >= 15 is 0 Å². The van der Waals surface area contributed by atoms with Crippen LogP contribution < -0.4 is 16.0 Å². The number of carbonyl (C=O) groups is 2. The maximum absolute atomic E-state index is 12.3. The van der Waals surface area contributed by atoms with Crippen molar-refractivity contribution in [1.82, 2.24) is 40.0 Å². The number of anilines is 2. The first-order chi connectivity index (χ1) is 23.4. The summed E-state index contributed by atoms with van der Waals surface area (Å²) >= 11 is 1.61. The molecule has 0 aromatic carbocycles. The van der Waals surface area contributed by atoms with Crippen LogP contribution >= 0.6 is 11.3 Å². The zero-order valence-corrected chi connectivity index (χ0v) is 30.0. The molecule has 262 valence electrons. The third kappa shape index (κ3) is 7.79. The molecule has 4 aromatic heterocycles. The SMILES string of the molecule is CC(=O)NC1CCC(c2nnc(-c3cnc(-c4ccc5cnc(N[C@@H]6CCCC[C@@H]6N(C(=O)O)C(C)(C)C)nn45)cc3NC(C)C)s2)CC1. The van der Waals surface area contributed by atoms with Gasteiger partial charge in [0, 0.05) is 48.4 Å². The topological polar surface area (TPSA) is 163 Å². The summed E-state index contributed by atoms with van der Waals surface area (Å²) in [5.74, 6) is 0.814. The third-order valence-corrected chi connectivity index (χ3v) is 10.6. The Bertz CT molecular complexity index is 1790. The van der Waals surface area contributed by atoms with Crippen LogP contribution in [0.1, 0.15) is 104 Å². The fourth-order valence-corrected chi connectivity index (χ4v) is 8.36. The van der Waals surface area contributed by atoms with E-state index in [1.165, 1.54) is 0 Å². The van der Waals surface area contributed by atoms with Crippen LogP contribution in [0.25, 0.3) is 27.5 Å². The number of aromatic nitrogens is 6. The summed E-state index contributed by atoms with van der Waals surface area (Å²) in [6.07, 6.45) is 10.2. The molecule has 0 radical (unpaired) electrons. The van der Waals surface area contributed by atoms with Gasteiger partial charge in [0.2, 0.25) is 11.9 Å². The smallest absolute Gasteiger partial charge is 0.408 e. The van der Waals surface area contributed by atoms with Gasteiger partial charge in [-0.2, -0.15) is 0 Å². The van der Waals surface area contributed by atoms with Crippen LogP contribution in [0.3, 0.4) is 0 Å². The van der Waals surface area contributed by atoms with E-state index in [0.717, 1.165) is 89.5 Å². The maximum Gasteiger partial charge on any atom is 0.408 e. The molecule has 4 heterocycles. The van der Waals surface area contributed by atoms with Gasteiger partial charge in [0.25, 0.3) is 0 Å². The van der Waals surface area contributed by atoms with Crippen LogP contribution in [0.15, 0.2) is 30.6 Å². The van der Waals surface area contributed by atoms with Gasteiger partial charge in [-0.1, -0.05) is 24.2 Å². The molecule has 4 aromatic rings. The van der Waals surface area contributed by atoms with Crippen LogP contribution in [0.2, 0.25) is 0 Å². The normalized spacial score (nSPS) is 21.4. The van der Waals surface area contributed by atoms with E-state index in [4.69, 9.17) is 10.1 Å². The zero-order valence-electron chi connectivity index (χ0n) is 29.2. The lowest BCUT2D eigenvalue weighted by atomic mass is 9.86. The van der Waals surface area contributed by atoms with Gasteiger partial charge in [-0.15, -0.1) is 15.3 Å². The van der Waals surface area contributed by atoms with Crippen molar-refractivity contribution < 1.29 is 14.7 Å². The van der Waals surface area contributed by atoms with Gasteiger partial charge < -0.3 is 21.1 Å². The van der Waals surface area contributed by atoms with Gasteiger partial charge >= 0.3 is 6.09 Å². The molecule has 2 amide bonds. The Morgan fingerprint density at radius 1 is 1.02 bits per heavy atom. The monoisotopic (exact) mass is 688 g/mol. The van der Waals surface area contributed by atoms with Gasteiger partial charge in [-0.05, 0) is 91.3 Å². The number of nitrogens with one attached hydrogen (secondary N) is 3. The minimum Gasteiger partial charge on any atom is -0.465 e. The van der Waals surface area contributed by atoms with E-state index in [1.807, 2.05) is 49.7 Å². The van der Waals surface area contributed by atoms with Gasteiger partial charge in [0.1, 0.15) is 5.01 Å². The molecule has 49 heavy (non-hydrogen) atoms. The highest BCUT2D eigenvalue weighted by Crippen LogP contribution is 2.39. The molecule has 2 aliphatic carbocycles. The highest BCUT2D eigenvalue weighted by Gasteiger charge is 2.39. The number of fused-ring (bicyclic) bond motifs is 1. The van der Waals surface area contributed by atoms with Gasteiger partial charge in [0.05, 0.1) is 34.7 Å². The number of hydrogen-bond acceptors (Lipinski definition) is 10. The molecule has 0 unspecified atom stereocenters. The third-order valence-electron chi connectivity index (χ3n) is 9.47. The van der Waals surface area contributed by atoms with Crippen LogP contribution in [-0.4, -0.2) is 81.5 Å². The minimum absolute atomic E-state index is 0.0266. The second kappa shape index (κ2) is 14.3. The van der Waals surface area contributed by atoms with Crippen molar-refractivity contribution in [2.24, 2.45) is 0 Å². The summed E-state index contributed by atoms with van der Waals surface area (Å²) in [5.41, 5.74) is 3.67. The lowest BCUT2D eigenvalue weighted by Gasteiger charge is -2.45. The molecule has 0 spiro atoms. The number of carboxylic acid groups (broad SMARTS) is 1. The quantitative estimate of drug-likeness (QED) is 0.147. The molecule has 14 heteroatoms. The molecule has 6 rings (SSSR count). The van der Waals surface area contributed by atoms with Crippen molar-refractivity contribution in [3.8, 4) is 22.0 Å². The zero-order chi connectivity index (χ0) is 34.9. The average molecular weight is 689 g/mol. The van der Waals surface area contributed by atoms with Crippen molar-refractivity contribution in [2.75, 3.05) is 10.6 Å². The van der Waals surface area contributed by atoms with E-state index in [-0.39, 0.29) is 30.1 Å². The van der Waals surface area contributed by atoms with Crippen molar-refractivity contribution in [2.45, 2.75) is 129 Å². The number of hydrogen-bond donors (Lipinski definition) is 4. The first-order valence-electron chi connectivity index (χ1n) is 17.4. The summed E-state index contributed by atoms with van der Waals surface area (Å²) in [5, 5.41) is 36.2. The van der Waals surface area contributed by atoms with Crippen LogP contribution in [0, 0.1) is 0 Å². The summed E-state index contributed by atoms with van der Waals surface area (Å²) in [6.45, 7) is 11.6. The molecular formula is C35H48N10O3S. The van der Waals surface area contributed by atoms with Gasteiger partial charge in [0.15, 0.2) is 5.01 Å². The van der Waals surface area contributed by atoms with Crippen molar-refractivity contribution in [1.29, 1.82) is 0 Å². The summed E-state index contributed by atoms with van der Waals surface area (Å²) < 4.78 is 1.84. The molecule has 13 nitrogen and oxygen atoms in total. The van der Waals surface area contributed by atoms with Crippen molar-refractivity contribution in [3.63, 3.8) is 0 Å². The molecule has 0 saturated heterocycles. The Hall–Kier alpha value is -4.33. The highest BCUT2D eigenvalue weighted by atomic mass is 32.1. The summed E-state index contributed by atoms with van der Waals surface area (Å²) in [6, 6.07) is 6.12. The molecule has 2 fully saturated rings. The molecule has 4 N–H and O–H groups in total. The first kappa shape index (κ1) is 34.5. The number of amides is 2. The van der Waals surface area contributed by atoms with Crippen molar-refractivity contribution in [3.05, 3.63) is 35.6 Å². The minimum atomic E-state index is -0.911. The predicted molar refractivity (Wildman–Crippen MR) is 192 cm³/mol. The Labute approximate surface area is 291 Å². The van der Waals surface area contributed by atoms with Gasteiger partial charge in [-0.25, -0.2) is 14.3 Å². The van der Waals surface area contributed by atoms with E-state index in [1.54, 1.807) is 29.4 Å². The maximum atomic E-state index is 12.3. The van der Waals surface area contributed by atoms with Crippen LogP contribution in [0.5, 0.6) is 0 Å². The first-order valence-corrected chi connectivity index (χ1v) is 18.2. The van der Waals surface area contributed by atoms with E-state index in [2.05, 4.69) is 45.0 Å². The fraction of sp³-hybridized carbons (Fsp3) is 0.571. The van der Waals surface area contributed by atoms with Crippen molar-refractivity contribution >= 4 is 40.5 Å². The Morgan fingerprint density at radius 3 is 2.47 bits per heavy atom. The predicted octanol–water partition coefficient (Wildman–Crippen LogP) is 6.79. The van der Waals surface area contributed by atoms with E-state index in [9.17, 15) is 14.7 Å². The molecule has 2 atom stereocenters. The van der Waals surface area contributed by atoms with Crippen LogP contribution in [-0.2, 0) is 4.79 Å². The highest BCUT2D eigenvalue weighted by molar-refractivity contribution is 7.14. The molecule has 2 aliphatic rings. The standard InChI is InChI=1S/C35H48N10O3S/c1-20(2)38-27-17-28(36-19-25(27)32-42-41-31(49-32)22-11-13-23(14-12-22)39-21(3)46)30-16-15-24-18-37-33(43-45(24)30)40-26-9-7-8-10-29(26)44(34(47)48)35(4,5)6/h15-20,22-23,26,29H,7-14H2,1-6H3,(H,36,38)(H,39,46)(H,40,43)(H,47,48)/t22?,23?,26-,29+/m1/s1. The molecule has 0 aliphatic heterocycles. The molecular weight excluding hydrogens is 641 g/mol. The Balaban J connectivity index is 1.25. The van der Waals surface area contributed by atoms with E-state index in [0.29, 0.717) is 11.9 Å². The molecule has 2 saturated carbocycles. The number of pyridine rings is 1. The average Bonchev–Trinajstić information content (AvgIpc) is 3.69. The van der Waals surface area contributed by atoms with Gasteiger partial charge in [-0.3, -0.25) is 14.7 Å². The largest absolute Gasteiger partial charge is 0.465 e. The Morgan fingerprint density at radius 2 is 1.78 bits per heavy atom. The Kier molecular flexibility index (Phi) is 10.0. The fourth-order valence-electron chi connectivity index (χ4n) is 7.32. The number of carbonyl (C=O) groups excluding carboxylic acids is 1. The van der Waals surface area contributed by atoms with E-state index < -0.39 is 11.6 Å². The van der Waals surface area contributed by atoms with Crippen LogP contribution in [0.4, 0.5) is 16.4 Å². The lowest BCUT2D eigenvalue weighted by molar-refractivity contribution is -0.119. The second-order valence-electron chi connectivity index (χ2n) is 14.7. The summed E-state index contributed by atoms with van der Waals surface area (Å²) in [4.78, 5) is 34.9. The molecule has 0 bridgehead atoms.